The van der Waals surface area contributed by atoms with E-state index >= 15 is 0 Å². The summed E-state index contributed by atoms with van der Waals surface area (Å²) in [5.41, 5.74) is 1.02. The van der Waals surface area contributed by atoms with Gasteiger partial charge in [0.25, 0.3) is 0 Å². The standard InChI is InChI=1S/C17H21NO2S/c1-17(2,3)21-12-15(19)18-16(14-10-7-11-20-14)13-8-5-4-6-9-13/h4-11,16H,12H2,1-3H3,(H,18,19). The van der Waals surface area contributed by atoms with Crippen LogP contribution in [0.5, 0.6) is 0 Å². The van der Waals surface area contributed by atoms with Crippen molar-refractivity contribution in [3.63, 3.8) is 0 Å². The summed E-state index contributed by atoms with van der Waals surface area (Å²) in [7, 11) is 0. The molecule has 0 aliphatic heterocycles. The molecule has 3 nitrogen and oxygen atoms in total. The Morgan fingerprint density at radius 1 is 1.19 bits per heavy atom. The first-order valence-electron chi connectivity index (χ1n) is 6.97. The van der Waals surface area contributed by atoms with Crippen LogP contribution in [-0.2, 0) is 4.79 Å². The molecule has 1 atom stereocenters. The molecule has 0 saturated carbocycles. The van der Waals surface area contributed by atoms with Gasteiger partial charge in [0.1, 0.15) is 11.8 Å². The van der Waals surface area contributed by atoms with E-state index in [1.807, 2.05) is 42.5 Å². The number of hydrogen-bond donors (Lipinski definition) is 1. The molecule has 2 aromatic rings. The Labute approximate surface area is 130 Å². The highest BCUT2D eigenvalue weighted by atomic mass is 32.2. The van der Waals surface area contributed by atoms with E-state index in [0.29, 0.717) is 5.75 Å². The minimum atomic E-state index is -0.241. The van der Waals surface area contributed by atoms with Crippen molar-refractivity contribution in [3.8, 4) is 0 Å². The number of benzene rings is 1. The smallest absolute Gasteiger partial charge is 0.230 e. The summed E-state index contributed by atoms with van der Waals surface area (Å²) < 4.78 is 5.55. The van der Waals surface area contributed by atoms with E-state index in [0.717, 1.165) is 11.3 Å². The molecular formula is C17H21NO2S. The molecule has 0 saturated heterocycles. The normalized spacial score (nSPS) is 12.9. The summed E-state index contributed by atoms with van der Waals surface area (Å²) in [4.78, 5) is 12.2. The van der Waals surface area contributed by atoms with Gasteiger partial charge in [-0.05, 0) is 17.7 Å². The van der Waals surface area contributed by atoms with Crippen LogP contribution in [0.15, 0.2) is 53.1 Å². The second-order valence-electron chi connectivity index (χ2n) is 5.83. The minimum Gasteiger partial charge on any atom is -0.467 e. The molecule has 0 radical (unpaired) electrons. The number of amides is 1. The molecule has 4 heteroatoms. The fourth-order valence-corrected chi connectivity index (χ4v) is 2.55. The van der Waals surface area contributed by atoms with E-state index in [-0.39, 0.29) is 16.7 Å². The van der Waals surface area contributed by atoms with Gasteiger partial charge in [-0.15, -0.1) is 11.8 Å². The lowest BCUT2D eigenvalue weighted by atomic mass is 10.0. The molecule has 0 spiro atoms. The number of hydrogen-bond acceptors (Lipinski definition) is 3. The first kappa shape index (κ1) is 15.7. The first-order chi connectivity index (χ1) is 9.96. The summed E-state index contributed by atoms with van der Waals surface area (Å²) in [6.07, 6.45) is 1.63. The van der Waals surface area contributed by atoms with E-state index in [4.69, 9.17) is 4.42 Å². The average molecular weight is 303 g/mol. The molecule has 21 heavy (non-hydrogen) atoms. The number of thioether (sulfide) groups is 1. The number of nitrogens with one attached hydrogen (secondary N) is 1. The molecule has 1 heterocycles. The highest BCUT2D eigenvalue weighted by Crippen LogP contribution is 2.25. The molecule has 1 aromatic heterocycles. The molecule has 0 aliphatic rings. The fraction of sp³-hybridized carbons (Fsp3) is 0.353. The van der Waals surface area contributed by atoms with Crippen LogP contribution in [0.2, 0.25) is 0 Å². The topological polar surface area (TPSA) is 42.2 Å². The largest absolute Gasteiger partial charge is 0.467 e. The Kier molecular flexibility index (Phi) is 5.12. The molecule has 112 valence electrons. The monoisotopic (exact) mass is 303 g/mol. The molecule has 0 aliphatic carbocycles. The van der Waals surface area contributed by atoms with Gasteiger partial charge in [0.2, 0.25) is 5.91 Å². The zero-order valence-corrected chi connectivity index (χ0v) is 13.4. The van der Waals surface area contributed by atoms with Crippen molar-refractivity contribution >= 4 is 17.7 Å². The van der Waals surface area contributed by atoms with Crippen molar-refractivity contribution in [2.24, 2.45) is 0 Å². The lowest BCUT2D eigenvalue weighted by Crippen LogP contribution is -2.31. The third kappa shape index (κ3) is 4.97. The summed E-state index contributed by atoms with van der Waals surface area (Å²) in [6.45, 7) is 6.31. The van der Waals surface area contributed by atoms with E-state index < -0.39 is 0 Å². The second-order valence-corrected chi connectivity index (χ2v) is 7.63. The predicted molar refractivity (Wildman–Crippen MR) is 87.3 cm³/mol. The number of carbonyl (C=O) groups is 1. The van der Waals surface area contributed by atoms with Crippen LogP contribution in [-0.4, -0.2) is 16.4 Å². The Morgan fingerprint density at radius 3 is 2.48 bits per heavy atom. The summed E-state index contributed by atoms with van der Waals surface area (Å²) in [6, 6.07) is 13.3. The van der Waals surface area contributed by atoms with Crippen molar-refractivity contribution < 1.29 is 9.21 Å². The maximum atomic E-state index is 12.2. The van der Waals surface area contributed by atoms with Gasteiger partial charge in [-0.1, -0.05) is 51.1 Å². The number of rotatable bonds is 5. The lowest BCUT2D eigenvalue weighted by Gasteiger charge is -2.20. The molecule has 2 rings (SSSR count). The minimum absolute atomic E-state index is 0.0141. The van der Waals surface area contributed by atoms with Crippen molar-refractivity contribution in [3.05, 3.63) is 60.1 Å². The van der Waals surface area contributed by atoms with Gasteiger partial charge in [0, 0.05) is 4.75 Å². The number of furan rings is 1. The van der Waals surface area contributed by atoms with Crippen LogP contribution in [0.3, 0.4) is 0 Å². The Hall–Kier alpha value is -1.68. The average Bonchev–Trinajstić information content (AvgIpc) is 2.96. The van der Waals surface area contributed by atoms with Crippen LogP contribution < -0.4 is 5.32 Å². The first-order valence-corrected chi connectivity index (χ1v) is 7.96. The molecular weight excluding hydrogens is 282 g/mol. The van der Waals surface area contributed by atoms with Gasteiger partial charge < -0.3 is 9.73 Å². The van der Waals surface area contributed by atoms with Gasteiger partial charge in [-0.2, -0.15) is 0 Å². The zero-order valence-electron chi connectivity index (χ0n) is 12.6. The van der Waals surface area contributed by atoms with Crippen LogP contribution in [0.4, 0.5) is 0 Å². The Balaban J connectivity index is 2.09. The van der Waals surface area contributed by atoms with Crippen molar-refractivity contribution in [1.82, 2.24) is 5.32 Å². The molecule has 0 bridgehead atoms. The fourth-order valence-electron chi connectivity index (χ4n) is 1.90. The lowest BCUT2D eigenvalue weighted by molar-refractivity contribution is -0.119. The van der Waals surface area contributed by atoms with Gasteiger partial charge in [0.15, 0.2) is 0 Å². The third-order valence-electron chi connectivity index (χ3n) is 2.90. The van der Waals surface area contributed by atoms with Crippen LogP contribution in [0, 0.1) is 0 Å². The Bertz CT molecular complexity index is 558. The summed E-state index contributed by atoms with van der Waals surface area (Å²) >= 11 is 1.63. The van der Waals surface area contributed by atoms with Crippen molar-refractivity contribution in [2.75, 3.05) is 5.75 Å². The third-order valence-corrected chi connectivity index (χ3v) is 4.17. The quantitative estimate of drug-likeness (QED) is 0.907. The van der Waals surface area contributed by atoms with E-state index in [2.05, 4.69) is 26.1 Å². The second kappa shape index (κ2) is 6.85. The van der Waals surface area contributed by atoms with E-state index in [9.17, 15) is 4.79 Å². The molecule has 1 amide bonds. The van der Waals surface area contributed by atoms with Gasteiger partial charge in [0.05, 0.1) is 12.0 Å². The van der Waals surface area contributed by atoms with Gasteiger partial charge in [-0.25, -0.2) is 0 Å². The molecule has 1 N–H and O–H groups in total. The highest BCUT2D eigenvalue weighted by molar-refractivity contribution is 8.01. The van der Waals surface area contributed by atoms with E-state index in [1.54, 1.807) is 18.0 Å². The van der Waals surface area contributed by atoms with Crippen LogP contribution in [0.25, 0.3) is 0 Å². The molecule has 0 fully saturated rings. The predicted octanol–water partition coefficient (Wildman–Crippen LogP) is 4.02. The maximum absolute atomic E-state index is 12.2. The highest BCUT2D eigenvalue weighted by Gasteiger charge is 2.20. The van der Waals surface area contributed by atoms with Crippen LogP contribution >= 0.6 is 11.8 Å². The summed E-state index contributed by atoms with van der Waals surface area (Å²) in [5.74, 6) is 1.20. The van der Waals surface area contributed by atoms with Gasteiger partial charge >= 0.3 is 0 Å². The SMILES string of the molecule is CC(C)(C)SCC(=O)NC(c1ccccc1)c1ccco1. The van der Waals surface area contributed by atoms with Crippen LogP contribution in [0.1, 0.15) is 38.1 Å². The number of carbonyl (C=O) groups excluding carboxylic acids is 1. The van der Waals surface area contributed by atoms with E-state index in [1.165, 1.54) is 0 Å². The Morgan fingerprint density at radius 2 is 1.90 bits per heavy atom. The maximum Gasteiger partial charge on any atom is 0.230 e. The van der Waals surface area contributed by atoms with Gasteiger partial charge in [-0.3, -0.25) is 4.79 Å². The molecule has 1 unspecified atom stereocenters. The summed E-state index contributed by atoms with van der Waals surface area (Å²) in [5, 5.41) is 3.05. The van der Waals surface area contributed by atoms with Crippen molar-refractivity contribution in [2.45, 2.75) is 31.6 Å². The molecule has 1 aromatic carbocycles. The van der Waals surface area contributed by atoms with Crippen molar-refractivity contribution in [1.29, 1.82) is 0 Å². The zero-order chi connectivity index (χ0) is 15.3.